The number of primary sulfonamides is 1. The molecule has 4 aromatic carbocycles. The lowest BCUT2D eigenvalue weighted by Crippen LogP contribution is -2.25. The second kappa shape index (κ2) is 11.6. The zero-order valence-corrected chi connectivity index (χ0v) is 26.7. The highest BCUT2D eigenvalue weighted by Gasteiger charge is 2.27. The Morgan fingerprint density at radius 1 is 0.915 bits per heavy atom. The summed E-state index contributed by atoms with van der Waals surface area (Å²) in [5.41, 5.74) is 1.88. The van der Waals surface area contributed by atoms with Crippen molar-refractivity contribution in [3.05, 3.63) is 95.6 Å². The number of aromatic nitrogens is 1. The first-order valence-electron chi connectivity index (χ1n) is 13.9. The zero-order chi connectivity index (χ0) is 33.8. The number of carbonyl (C=O) groups is 1. The topological polar surface area (TPSA) is 166 Å². The van der Waals surface area contributed by atoms with Crippen LogP contribution < -0.4 is 14.8 Å². The molecule has 0 saturated heterocycles. The Morgan fingerprint density at radius 3 is 2.26 bits per heavy atom. The zero-order valence-electron chi connectivity index (χ0n) is 25.0. The molecule has 6 aromatic rings. The summed E-state index contributed by atoms with van der Waals surface area (Å²) in [7, 11) is -5.13. The van der Waals surface area contributed by atoms with Crippen molar-refractivity contribution in [3.63, 3.8) is 0 Å². The number of oxazole rings is 1. The monoisotopic (exact) mass is 680 g/mol. The van der Waals surface area contributed by atoms with Crippen molar-refractivity contribution in [2.24, 2.45) is 5.14 Å². The molecule has 15 heteroatoms. The van der Waals surface area contributed by atoms with Gasteiger partial charge in [0.15, 0.2) is 11.4 Å². The van der Waals surface area contributed by atoms with Gasteiger partial charge in [0.2, 0.25) is 25.9 Å². The molecule has 2 aromatic heterocycles. The van der Waals surface area contributed by atoms with Crippen LogP contribution in [-0.4, -0.2) is 48.1 Å². The second-order valence-electron chi connectivity index (χ2n) is 10.8. The van der Waals surface area contributed by atoms with E-state index in [1.54, 1.807) is 12.1 Å². The maximum absolute atomic E-state index is 14.5. The Bertz CT molecular complexity index is 2440. The van der Waals surface area contributed by atoms with Crippen molar-refractivity contribution < 1.29 is 39.2 Å². The van der Waals surface area contributed by atoms with Crippen molar-refractivity contribution in [1.29, 1.82) is 0 Å². The molecule has 2 heterocycles. The average Bonchev–Trinajstić information content (AvgIpc) is 3.61. The van der Waals surface area contributed by atoms with E-state index in [0.717, 1.165) is 10.6 Å². The molecule has 47 heavy (non-hydrogen) atoms. The summed E-state index contributed by atoms with van der Waals surface area (Å²) in [5.74, 6) is -2.24. The van der Waals surface area contributed by atoms with Crippen LogP contribution in [0.3, 0.4) is 0 Å². The summed E-state index contributed by atoms with van der Waals surface area (Å²) in [6.07, 6.45) is 1.01. The van der Waals surface area contributed by atoms with Gasteiger partial charge in [0.05, 0.1) is 23.3 Å². The number of benzene rings is 4. The van der Waals surface area contributed by atoms with Crippen molar-refractivity contribution in [2.75, 3.05) is 24.7 Å². The van der Waals surface area contributed by atoms with E-state index in [1.807, 2.05) is 0 Å². The molecule has 0 bridgehead atoms. The van der Waals surface area contributed by atoms with Gasteiger partial charge in [0.1, 0.15) is 22.7 Å². The van der Waals surface area contributed by atoms with Gasteiger partial charge in [-0.1, -0.05) is 18.2 Å². The molecule has 0 saturated carbocycles. The lowest BCUT2D eigenvalue weighted by Gasteiger charge is -2.21. The lowest BCUT2D eigenvalue weighted by atomic mass is 9.95. The van der Waals surface area contributed by atoms with E-state index < -0.39 is 43.3 Å². The summed E-state index contributed by atoms with van der Waals surface area (Å²) in [4.78, 5) is 17.5. The van der Waals surface area contributed by atoms with E-state index in [0.29, 0.717) is 22.1 Å². The molecule has 11 nitrogen and oxygen atoms in total. The normalized spacial score (nSPS) is 12.1. The number of hydrogen-bond donors (Lipinski definition) is 2. The Balaban J connectivity index is 1.66. The van der Waals surface area contributed by atoms with Gasteiger partial charge >= 0.3 is 0 Å². The van der Waals surface area contributed by atoms with Crippen molar-refractivity contribution in [2.45, 2.75) is 5.75 Å². The number of para-hydroxylation sites is 1. The van der Waals surface area contributed by atoms with E-state index in [9.17, 15) is 30.4 Å². The molecule has 3 N–H and O–H groups in total. The number of rotatable bonds is 8. The number of nitrogens with two attached hydrogens (primary N) is 1. The molecule has 0 unspecified atom stereocenters. The number of fused-ring (bicyclic) bond motifs is 2. The van der Waals surface area contributed by atoms with Crippen LogP contribution in [0.15, 0.2) is 81.6 Å². The van der Waals surface area contributed by atoms with E-state index in [4.69, 9.17) is 14.0 Å². The Labute approximate surface area is 267 Å². The minimum absolute atomic E-state index is 0.0738. The Kier molecular flexibility index (Phi) is 7.86. The summed E-state index contributed by atoms with van der Waals surface area (Å²) in [6.45, 7) is 0. The van der Waals surface area contributed by atoms with Crippen LogP contribution in [-0.2, 0) is 25.8 Å². The van der Waals surface area contributed by atoms with Crippen molar-refractivity contribution in [1.82, 2.24) is 10.3 Å². The lowest BCUT2D eigenvalue weighted by molar-refractivity contribution is 0.0964. The molecule has 0 atom stereocenters. The van der Waals surface area contributed by atoms with Crippen LogP contribution in [0, 0.1) is 11.6 Å². The number of nitrogens with zero attached hydrogens (tertiary/aromatic N) is 2. The van der Waals surface area contributed by atoms with Crippen LogP contribution in [0.4, 0.5) is 14.5 Å². The van der Waals surface area contributed by atoms with Crippen LogP contribution >= 0.6 is 0 Å². The van der Waals surface area contributed by atoms with Crippen LogP contribution in [0.1, 0.15) is 15.9 Å². The third kappa shape index (κ3) is 6.07. The molecule has 0 radical (unpaired) electrons. The quantitative estimate of drug-likeness (QED) is 0.216. The summed E-state index contributed by atoms with van der Waals surface area (Å²) in [6, 6.07) is 17.0. The highest BCUT2D eigenvalue weighted by Crippen LogP contribution is 2.43. The number of sulfonamides is 2. The molecule has 242 valence electrons. The van der Waals surface area contributed by atoms with Gasteiger partial charge < -0.3 is 14.2 Å². The minimum atomic E-state index is -4.05. The van der Waals surface area contributed by atoms with Crippen molar-refractivity contribution in [3.8, 4) is 33.9 Å². The molecular weight excluding hydrogens is 655 g/mol. The molecule has 1 amide bonds. The molecule has 6 rings (SSSR count). The fraction of sp³-hybridized carbons (Fsp3) is 0.125. The predicted molar refractivity (Wildman–Crippen MR) is 173 cm³/mol. The number of hydrogen-bond acceptors (Lipinski definition) is 8. The van der Waals surface area contributed by atoms with E-state index in [-0.39, 0.29) is 50.7 Å². The summed E-state index contributed by atoms with van der Waals surface area (Å²) >= 11 is 0. The van der Waals surface area contributed by atoms with Gasteiger partial charge in [0, 0.05) is 42.2 Å². The maximum atomic E-state index is 14.5. The first-order valence-corrected chi connectivity index (χ1v) is 17.4. The maximum Gasteiger partial charge on any atom is 0.255 e. The van der Waals surface area contributed by atoms with Gasteiger partial charge in [-0.3, -0.25) is 9.10 Å². The minimum Gasteiger partial charge on any atom is -0.455 e. The Hall–Kier alpha value is -5.12. The molecule has 0 aliphatic heterocycles. The number of amides is 1. The van der Waals surface area contributed by atoms with Crippen LogP contribution in [0.2, 0.25) is 0 Å². The van der Waals surface area contributed by atoms with Gasteiger partial charge in [-0.15, -0.1) is 0 Å². The summed E-state index contributed by atoms with van der Waals surface area (Å²) < 4.78 is 91.2. The van der Waals surface area contributed by atoms with Crippen molar-refractivity contribution >= 4 is 53.7 Å². The predicted octanol–water partition coefficient (Wildman–Crippen LogP) is 5.40. The molecule has 0 fully saturated rings. The molecule has 0 aliphatic rings. The number of furan rings is 1. The largest absolute Gasteiger partial charge is 0.455 e. The first-order chi connectivity index (χ1) is 22.1. The van der Waals surface area contributed by atoms with Crippen LogP contribution in [0.5, 0.6) is 0 Å². The smallest absolute Gasteiger partial charge is 0.255 e. The Morgan fingerprint density at radius 2 is 1.62 bits per heavy atom. The van der Waals surface area contributed by atoms with E-state index in [2.05, 4.69) is 10.3 Å². The molecule has 0 aliphatic carbocycles. The fourth-order valence-corrected chi connectivity index (χ4v) is 6.47. The molecule has 0 spiro atoms. The number of anilines is 1. The highest BCUT2D eigenvalue weighted by molar-refractivity contribution is 7.92. The van der Waals surface area contributed by atoms with Gasteiger partial charge in [-0.05, 0) is 59.7 Å². The van der Waals surface area contributed by atoms with E-state index >= 15 is 0 Å². The third-order valence-electron chi connectivity index (χ3n) is 7.58. The van der Waals surface area contributed by atoms with Gasteiger partial charge in [0.25, 0.3) is 5.91 Å². The third-order valence-corrected chi connectivity index (χ3v) is 9.49. The van der Waals surface area contributed by atoms with Crippen LogP contribution in [0.25, 0.3) is 56.0 Å². The second-order valence-corrected chi connectivity index (χ2v) is 14.4. The fourth-order valence-electron chi connectivity index (χ4n) is 5.27. The number of carbonyl (C=O) groups excluding carboxylic acids is 1. The van der Waals surface area contributed by atoms with Gasteiger partial charge in [-0.2, -0.15) is 0 Å². The standard InChI is InChI=1S/C32H26F2N4O7S2/c1-36-31(39)28-23-14-21(25(38(2)46(3,40)41)15-27(23)44-30(28)17-9-11-20(33)12-10-17)18-7-8-19(16-47(35,42)43)22(13-18)32-37-29-24(34)5-4-6-26(29)45-32/h4-15H,16H2,1-3H3,(H,36,39)(H2,35,42,43). The first kappa shape index (κ1) is 31.8. The average molecular weight is 681 g/mol. The van der Waals surface area contributed by atoms with Gasteiger partial charge in [-0.25, -0.2) is 35.7 Å². The summed E-state index contributed by atoms with van der Waals surface area (Å²) in [5, 5.41) is 8.26. The highest BCUT2D eigenvalue weighted by atomic mass is 32.2. The SMILES string of the molecule is CNC(=O)c1c(-c2ccc(F)cc2)oc2cc(N(C)S(C)(=O)=O)c(-c3ccc(CS(N)(=O)=O)c(-c4nc5c(F)cccc5o4)c3)cc12. The molecular formula is C32H26F2N4O7S2. The number of nitrogens with one attached hydrogen (secondary N) is 1. The van der Waals surface area contributed by atoms with E-state index in [1.165, 1.54) is 74.8 Å². The number of halogens is 2.